The van der Waals surface area contributed by atoms with Gasteiger partial charge in [-0.3, -0.25) is 4.72 Å². The van der Waals surface area contributed by atoms with E-state index >= 15 is 0 Å². The third-order valence-corrected chi connectivity index (χ3v) is 5.40. The van der Waals surface area contributed by atoms with Crippen LogP contribution in [0.4, 0.5) is 5.69 Å². The summed E-state index contributed by atoms with van der Waals surface area (Å²) in [6.07, 6.45) is 0. The van der Waals surface area contributed by atoms with Crippen molar-refractivity contribution in [2.75, 3.05) is 10.5 Å². The molecule has 5 nitrogen and oxygen atoms in total. The summed E-state index contributed by atoms with van der Waals surface area (Å²) in [4.78, 5) is -0.0269. The van der Waals surface area contributed by atoms with E-state index in [2.05, 4.69) is 4.72 Å². The molecule has 1 aromatic carbocycles. The first-order valence-corrected chi connectivity index (χ1v) is 9.53. The zero-order chi connectivity index (χ0) is 14.8. The molecule has 0 aliphatic heterocycles. The lowest BCUT2D eigenvalue weighted by Gasteiger charge is -2.11. The fourth-order valence-electron chi connectivity index (χ4n) is 1.65. The summed E-state index contributed by atoms with van der Waals surface area (Å²) in [5.74, 6) is 0.00260. The molecule has 0 aliphatic carbocycles. The highest BCUT2D eigenvalue weighted by molar-refractivity contribution is 8.13. The predicted molar refractivity (Wildman–Crippen MR) is 76.5 cm³/mol. The lowest BCUT2D eigenvalue weighted by atomic mass is 10.2. The number of sulfonamides is 1. The van der Waals surface area contributed by atoms with Gasteiger partial charge in [-0.2, -0.15) is 0 Å². The minimum Gasteiger partial charge on any atom is -0.284 e. The Morgan fingerprint density at radius 1 is 1.21 bits per heavy atom. The van der Waals surface area contributed by atoms with Gasteiger partial charge in [-0.25, -0.2) is 16.8 Å². The maximum Gasteiger partial charge on any atom is 0.261 e. The SMILES string of the molecule is Cc1cc(NS(=O)(=O)CC(C)C)ccc1S(=O)(=O)Cl. The van der Waals surface area contributed by atoms with Crippen molar-refractivity contribution in [1.82, 2.24) is 0 Å². The van der Waals surface area contributed by atoms with Crippen molar-refractivity contribution >= 4 is 35.4 Å². The van der Waals surface area contributed by atoms with Crippen LogP contribution in [0.5, 0.6) is 0 Å². The summed E-state index contributed by atoms with van der Waals surface area (Å²) in [5.41, 5.74) is 0.710. The second kappa shape index (κ2) is 5.68. The third kappa shape index (κ3) is 5.00. The van der Waals surface area contributed by atoms with Crippen molar-refractivity contribution in [3.05, 3.63) is 23.8 Å². The van der Waals surface area contributed by atoms with Crippen LogP contribution in [-0.2, 0) is 19.1 Å². The Morgan fingerprint density at radius 2 is 1.79 bits per heavy atom. The van der Waals surface area contributed by atoms with Crippen LogP contribution in [-0.4, -0.2) is 22.6 Å². The highest BCUT2D eigenvalue weighted by Gasteiger charge is 2.16. The van der Waals surface area contributed by atoms with E-state index in [9.17, 15) is 16.8 Å². The van der Waals surface area contributed by atoms with Crippen LogP contribution < -0.4 is 4.72 Å². The first kappa shape index (κ1) is 16.3. The molecule has 0 radical (unpaired) electrons. The lowest BCUT2D eigenvalue weighted by Crippen LogP contribution is -2.20. The average Bonchev–Trinajstić information content (AvgIpc) is 2.11. The molecular weight excluding hydrogens is 310 g/mol. The number of hydrogen-bond acceptors (Lipinski definition) is 4. The maximum atomic E-state index is 11.7. The second-order valence-corrected chi connectivity index (χ2v) is 9.00. The molecule has 0 aromatic heterocycles. The van der Waals surface area contributed by atoms with Crippen molar-refractivity contribution in [3.8, 4) is 0 Å². The molecule has 0 heterocycles. The maximum absolute atomic E-state index is 11.7. The van der Waals surface area contributed by atoms with Crippen molar-refractivity contribution in [1.29, 1.82) is 0 Å². The number of nitrogens with one attached hydrogen (secondary N) is 1. The van der Waals surface area contributed by atoms with Gasteiger partial charge in [-0.1, -0.05) is 13.8 Å². The number of aryl methyl sites for hydroxylation is 1. The van der Waals surface area contributed by atoms with Crippen LogP contribution in [0.1, 0.15) is 19.4 Å². The van der Waals surface area contributed by atoms with Gasteiger partial charge in [0.1, 0.15) is 0 Å². The molecule has 0 spiro atoms. The van der Waals surface area contributed by atoms with Gasteiger partial charge in [-0.05, 0) is 36.6 Å². The minimum absolute atomic E-state index is 0.00101. The van der Waals surface area contributed by atoms with Crippen molar-refractivity contribution in [3.63, 3.8) is 0 Å². The van der Waals surface area contributed by atoms with Crippen molar-refractivity contribution in [2.45, 2.75) is 25.7 Å². The number of hydrogen-bond donors (Lipinski definition) is 1. The van der Waals surface area contributed by atoms with Crippen LogP contribution in [0.15, 0.2) is 23.1 Å². The van der Waals surface area contributed by atoms with E-state index in [1.807, 2.05) is 0 Å². The minimum atomic E-state index is -3.82. The molecule has 0 aliphatic rings. The van der Waals surface area contributed by atoms with Gasteiger partial charge in [0.15, 0.2) is 0 Å². The third-order valence-electron chi connectivity index (χ3n) is 2.26. The monoisotopic (exact) mass is 325 g/mol. The summed E-state index contributed by atoms with van der Waals surface area (Å²) in [6, 6.07) is 4.10. The highest BCUT2D eigenvalue weighted by atomic mass is 35.7. The van der Waals surface area contributed by atoms with E-state index in [1.165, 1.54) is 18.2 Å². The lowest BCUT2D eigenvalue weighted by molar-refractivity contribution is 0.587. The second-order valence-electron chi connectivity index (χ2n) is 4.70. The molecule has 0 amide bonds. The van der Waals surface area contributed by atoms with E-state index in [1.54, 1.807) is 20.8 Å². The largest absolute Gasteiger partial charge is 0.284 e. The fourth-order valence-corrected chi connectivity index (χ4v) is 4.29. The van der Waals surface area contributed by atoms with Gasteiger partial charge in [0.25, 0.3) is 9.05 Å². The quantitative estimate of drug-likeness (QED) is 0.842. The van der Waals surface area contributed by atoms with E-state index in [0.717, 1.165) is 0 Å². The first-order chi connectivity index (χ1) is 8.51. The molecule has 19 heavy (non-hydrogen) atoms. The van der Waals surface area contributed by atoms with E-state index in [-0.39, 0.29) is 16.6 Å². The molecule has 0 unspecified atom stereocenters. The van der Waals surface area contributed by atoms with Crippen LogP contribution in [0.25, 0.3) is 0 Å². The fraction of sp³-hybridized carbons (Fsp3) is 0.455. The van der Waals surface area contributed by atoms with Gasteiger partial charge < -0.3 is 0 Å². The van der Waals surface area contributed by atoms with Gasteiger partial charge in [-0.15, -0.1) is 0 Å². The topological polar surface area (TPSA) is 80.3 Å². The zero-order valence-corrected chi connectivity index (χ0v) is 13.2. The highest BCUT2D eigenvalue weighted by Crippen LogP contribution is 2.23. The molecule has 0 saturated carbocycles. The van der Waals surface area contributed by atoms with Crippen LogP contribution >= 0.6 is 10.7 Å². The van der Waals surface area contributed by atoms with Crippen molar-refractivity contribution < 1.29 is 16.8 Å². The number of halogens is 1. The molecular formula is C11H16ClNO4S2. The normalized spacial score (nSPS) is 12.7. The summed E-state index contributed by atoms with van der Waals surface area (Å²) < 4.78 is 48.3. The van der Waals surface area contributed by atoms with Crippen molar-refractivity contribution in [2.24, 2.45) is 5.92 Å². The number of benzene rings is 1. The number of anilines is 1. The van der Waals surface area contributed by atoms with Crippen LogP contribution in [0.3, 0.4) is 0 Å². The molecule has 108 valence electrons. The van der Waals surface area contributed by atoms with E-state index < -0.39 is 19.1 Å². The zero-order valence-electron chi connectivity index (χ0n) is 10.8. The Kier molecular flexibility index (Phi) is 4.86. The predicted octanol–water partition coefficient (Wildman–Crippen LogP) is 2.32. The molecule has 1 aromatic rings. The molecule has 0 atom stereocenters. The van der Waals surface area contributed by atoms with E-state index in [4.69, 9.17) is 10.7 Å². The van der Waals surface area contributed by atoms with Gasteiger partial charge in [0.05, 0.1) is 10.6 Å². The molecule has 0 saturated heterocycles. The molecule has 1 N–H and O–H groups in total. The molecule has 0 fully saturated rings. The Morgan fingerprint density at radius 3 is 2.21 bits per heavy atom. The average molecular weight is 326 g/mol. The smallest absolute Gasteiger partial charge is 0.261 e. The summed E-state index contributed by atoms with van der Waals surface area (Å²) in [5, 5.41) is 0. The molecule has 0 bridgehead atoms. The van der Waals surface area contributed by atoms with Crippen LogP contribution in [0.2, 0.25) is 0 Å². The molecule has 1 rings (SSSR count). The summed E-state index contributed by atoms with van der Waals surface area (Å²) in [6.45, 7) is 5.15. The van der Waals surface area contributed by atoms with Crippen LogP contribution in [0, 0.1) is 12.8 Å². The van der Waals surface area contributed by atoms with Gasteiger partial charge >= 0.3 is 0 Å². The Hall–Kier alpha value is -0.790. The van der Waals surface area contributed by atoms with Gasteiger partial charge in [0, 0.05) is 16.4 Å². The van der Waals surface area contributed by atoms with E-state index in [0.29, 0.717) is 11.3 Å². The Labute approximate surface area is 118 Å². The Balaban J connectivity index is 3.04. The number of rotatable bonds is 5. The summed E-state index contributed by atoms with van der Waals surface area (Å²) >= 11 is 0. The first-order valence-electron chi connectivity index (χ1n) is 5.57. The summed E-state index contributed by atoms with van der Waals surface area (Å²) in [7, 11) is -2.00. The standard InChI is InChI=1S/C11H16ClNO4S2/c1-8(2)7-18(14,15)13-10-4-5-11(9(3)6-10)19(12,16)17/h4-6,8,13H,7H2,1-3H3. The molecule has 8 heteroatoms. The van der Waals surface area contributed by atoms with Gasteiger partial charge in [0.2, 0.25) is 10.0 Å². The Bertz CT molecular complexity index is 666.